The number of pyridine rings is 1. The van der Waals surface area contributed by atoms with E-state index in [4.69, 9.17) is 14.2 Å². The van der Waals surface area contributed by atoms with Gasteiger partial charge >= 0.3 is 6.09 Å². The van der Waals surface area contributed by atoms with Gasteiger partial charge in [-0.1, -0.05) is 25.7 Å². The van der Waals surface area contributed by atoms with Crippen LogP contribution >= 0.6 is 0 Å². The lowest BCUT2D eigenvalue weighted by Gasteiger charge is -2.25. The van der Waals surface area contributed by atoms with Gasteiger partial charge in [0.1, 0.15) is 12.2 Å². The molecule has 6 nitrogen and oxygen atoms in total. The third-order valence-corrected chi connectivity index (χ3v) is 4.78. The molecule has 0 radical (unpaired) electrons. The molecule has 0 spiro atoms. The van der Waals surface area contributed by atoms with E-state index in [1.54, 1.807) is 4.90 Å². The van der Waals surface area contributed by atoms with E-state index in [-0.39, 0.29) is 6.09 Å². The summed E-state index contributed by atoms with van der Waals surface area (Å²) < 4.78 is 17.0. The molecular formula is C20H30N2O4. The van der Waals surface area contributed by atoms with Gasteiger partial charge in [0.2, 0.25) is 11.8 Å². The number of carbonyl (C=O) groups excluding carboxylic acids is 1. The van der Waals surface area contributed by atoms with Crippen molar-refractivity contribution in [3.8, 4) is 11.8 Å². The van der Waals surface area contributed by atoms with Crippen molar-refractivity contribution in [1.29, 1.82) is 0 Å². The van der Waals surface area contributed by atoms with Gasteiger partial charge in [-0.05, 0) is 39.2 Å². The van der Waals surface area contributed by atoms with E-state index in [1.807, 2.05) is 32.9 Å². The van der Waals surface area contributed by atoms with Gasteiger partial charge in [0.25, 0.3) is 0 Å². The van der Waals surface area contributed by atoms with Crippen LogP contribution in [-0.4, -0.2) is 41.3 Å². The summed E-state index contributed by atoms with van der Waals surface area (Å²) in [4.78, 5) is 18.4. The molecule has 2 heterocycles. The molecule has 0 N–H and O–H groups in total. The van der Waals surface area contributed by atoms with Gasteiger partial charge < -0.3 is 19.1 Å². The normalized spacial score (nSPS) is 18.0. The summed E-state index contributed by atoms with van der Waals surface area (Å²) in [7, 11) is 0. The fourth-order valence-electron chi connectivity index (χ4n) is 3.43. The number of aromatic nitrogens is 1. The second-order valence-electron chi connectivity index (χ2n) is 8.15. The lowest BCUT2D eigenvalue weighted by molar-refractivity contribution is 0.0225. The monoisotopic (exact) mass is 362 g/mol. The molecule has 3 rings (SSSR count). The first-order chi connectivity index (χ1) is 12.4. The number of carbonyl (C=O) groups is 1. The Bertz CT molecular complexity index is 621. The van der Waals surface area contributed by atoms with Crippen molar-refractivity contribution in [1.82, 2.24) is 9.88 Å². The van der Waals surface area contributed by atoms with Crippen molar-refractivity contribution in [3.63, 3.8) is 0 Å². The number of amides is 1. The van der Waals surface area contributed by atoms with E-state index < -0.39 is 5.60 Å². The standard InChI is InChI=1S/C20H30N2O4/c1-20(2,3)26-19(23)22-11-13-25-18-16(14-22)8-9-17(21-18)24-12-10-15-6-4-5-7-15/h8-9,15H,4-7,10-14H2,1-3H3. The topological polar surface area (TPSA) is 60.9 Å². The zero-order valence-electron chi connectivity index (χ0n) is 16.1. The van der Waals surface area contributed by atoms with Crippen LogP contribution in [0.2, 0.25) is 0 Å². The zero-order valence-corrected chi connectivity index (χ0v) is 16.1. The van der Waals surface area contributed by atoms with Crippen LogP contribution in [0.4, 0.5) is 4.79 Å². The Morgan fingerprint density at radius 1 is 1.31 bits per heavy atom. The molecule has 1 aliphatic heterocycles. The third kappa shape index (κ3) is 5.26. The van der Waals surface area contributed by atoms with Crippen LogP contribution in [0.3, 0.4) is 0 Å². The Kier molecular flexibility index (Phi) is 5.89. The number of ether oxygens (including phenoxy) is 3. The van der Waals surface area contributed by atoms with Crippen molar-refractivity contribution in [2.24, 2.45) is 5.92 Å². The largest absolute Gasteiger partial charge is 0.478 e. The summed E-state index contributed by atoms with van der Waals surface area (Å²) in [5, 5.41) is 0. The van der Waals surface area contributed by atoms with Crippen molar-refractivity contribution in [2.45, 2.75) is 65.0 Å². The average Bonchev–Trinajstić information content (AvgIpc) is 2.98. The molecule has 1 aliphatic carbocycles. The van der Waals surface area contributed by atoms with Gasteiger partial charge in [-0.25, -0.2) is 4.79 Å². The maximum absolute atomic E-state index is 12.3. The third-order valence-electron chi connectivity index (χ3n) is 4.78. The van der Waals surface area contributed by atoms with E-state index >= 15 is 0 Å². The van der Waals surface area contributed by atoms with Crippen LogP contribution in [-0.2, 0) is 11.3 Å². The summed E-state index contributed by atoms with van der Waals surface area (Å²) in [5.74, 6) is 1.94. The first-order valence-corrected chi connectivity index (χ1v) is 9.64. The summed E-state index contributed by atoms with van der Waals surface area (Å²) in [6.07, 6.45) is 6.11. The van der Waals surface area contributed by atoms with Gasteiger partial charge in [-0.2, -0.15) is 4.98 Å². The highest BCUT2D eigenvalue weighted by Crippen LogP contribution is 2.28. The van der Waals surface area contributed by atoms with E-state index in [0.29, 0.717) is 38.1 Å². The molecule has 2 aliphatic rings. The van der Waals surface area contributed by atoms with Crippen LogP contribution in [0.15, 0.2) is 12.1 Å². The second kappa shape index (κ2) is 8.14. The molecule has 0 saturated heterocycles. The van der Waals surface area contributed by atoms with Gasteiger partial charge in [0.05, 0.1) is 19.7 Å². The Labute approximate surface area is 155 Å². The van der Waals surface area contributed by atoms with Crippen molar-refractivity contribution >= 4 is 6.09 Å². The number of hydrogen-bond donors (Lipinski definition) is 0. The number of nitrogens with zero attached hydrogens (tertiary/aromatic N) is 2. The molecule has 1 amide bonds. The van der Waals surface area contributed by atoms with Crippen molar-refractivity contribution in [3.05, 3.63) is 17.7 Å². The molecule has 1 aromatic heterocycles. The van der Waals surface area contributed by atoms with Gasteiger partial charge in [0, 0.05) is 11.6 Å². The maximum Gasteiger partial charge on any atom is 0.410 e. The number of fused-ring (bicyclic) bond motifs is 1. The molecule has 144 valence electrons. The molecule has 0 unspecified atom stereocenters. The summed E-state index contributed by atoms with van der Waals surface area (Å²) in [5.41, 5.74) is 0.360. The summed E-state index contributed by atoms with van der Waals surface area (Å²) in [6.45, 7) is 7.59. The molecule has 1 fully saturated rings. The lowest BCUT2D eigenvalue weighted by atomic mass is 10.1. The fraction of sp³-hybridized carbons (Fsp3) is 0.700. The predicted octanol–water partition coefficient (Wildman–Crippen LogP) is 4.17. The molecule has 1 aromatic rings. The molecule has 0 atom stereocenters. The Morgan fingerprint density at radius 2 is 2.08 bits per heavy atom. The van der Waals surface area contributed by atoms with E-state index in [0.717, 1.165) is 17.9 Å². The highest BCUT2D eigenvalue weighted by molar-refractivity contribution is 5.68. The first-order valence-electron chi connectivity index (χ1n) is 9.64. The van der Waals surface area contributed by atoms with Crippen LogP contribution in [0, 0.1) is 5.92 Å². The van der Waals surface area contributed by atoms with Gasteiger partial charge in [-0.3, -0.25) is 0 Å². The van der Waals surface area contributed by atoms with Gasteiger partial charge in [0.15, 0.2) is 0 Å². The van der Waals surface area contributed by atoms with Crippen molar-refractivity contribution in [2.75, 3.05) is 19.8 Å². The molecule has 6 heteroatoms. The molecule has 0 aromatic carbocycles. The molecule has 0 bridgehead atoms. The van der Waals surface area contributed by atoms with Crippen LogP contribution < -0.4 is 9.47 Å². The quantitative estimate of drug-likeness (QED) is 0.804. The first kappa shape index (κ1) is 18.8. The highest BCUT2D eigenvalue weighted by Gasteiger charge is 2.26. The zero-order chi connectivity index (χ0) is 18.6. The summed E-state index contributed by atoms with van der Waals surface area (Å²) in [6, 6.07) is 3.78. The van der Waals surface area contributed by atoms with Crippen molar-refractivity contribution < 1.29 is 19.0 Å². The van der Waals surface area contributed by atoms with Crippen LogP contribution in [0.25, 0.3) is 0 Å². The van der Waals surface area contributed by atoms with Gasteiger partial charge in [-0.15, -0.1) is 0 Å². The lowest BCUT2D eigenvalue weighted by Crippen LogP contribution is -2.37. The molecule has 26 heavy (non-hydrogen) atoms. The minimum atomic E-state index is -0.512. The summed E-state index contributed by atoms with van der Waals surface area (Å²) >= 11 is 0. The average molecular weight is 362 g/mol. The van der Waals surface area contributed by atoms with E-state index in [9.17, 15) is 4.79 Å². The highest BCUT2D eigenvalue weighted by atomic mass is 16.6. The fourth-order valence-corrected chi connectivity index (χ4v) is 3.43. The number of rotatable bonds is 4. The number of hydrogen-bond acceptors (Lipinski definition) is 5. The van der Waals surface area contributed by atoms with Crippen LogP contribution in [0.5, 0.6) is 11.8 Å². The maximum atomic E-state index is 12.3. The Balaban J connectivity index is 1.57. The predicted molar refractivity (Wildman–Crippen MR) is 98.4 cm³/mol. The SMILES string of the molecule is CC(C)(C)OC(=O)N1CCOc2nc(OCCC3CCCC3)ccc2C1. The Morgan fingerprint density at radius 3 is 2.81 bits per heavy atom. The Hall–Kier alpha value is -1.98. The van der Waals surface area contributed by atoms with E-state index in [1.165, 1.54) is 25.7 Å². The minimum Gasteiger partial charge on any atom is -0.478 e. The van der Waals surface area contributed by atoms with E-state index in [2.05, 4.69) is 4.98 Å². The second-order valence-corrected chi connectivity index (χ2v) is 8.15. The van der Waals surface area contributed by atoms with Crippen LogP contribution in [0.1, 0.15) is 58.4 Å². The smallest absolute Gasteiger partial charge is 0.410 e. The molecular weight excluding hydrogens is 332 g/mol. The molecule has 1 saturated carbocycles. The minimum absolute atomic E-state index is 0.328.